The molecule has 4 aromatic carbocycles. The highest BCUT2D eigenvalue weighted by atomic mass is 79.9. The third-order valence-corrected chi connectivity index (χ3v) is 15.5. The number of ether oxygens (including phenoxy) is 2. The molecule has 8 rings (SSSR count). The van der Waals surface area contributed by atoms with Gasteiger partial charge in [0.25, 0.3) is 31.9 Å². The van der Waals surface area contributed by atoms with E-state index in [0.717, 1.165) is 52.1 Å². The van der Waals surface area contributed by atoms with Crippen LogP contribution in [0, 0.1) is 0 Å². The minimum Gasteiger partial charge on any atom is -0.481 e. The largest absolute Gasteiger partial charge is 0.481 e. The Hall–Kier alpha value is -6.30. The molecule has 0 atom stereocenters. The average Bonchev–Trinajstić information content (AvgIpc) is 3.43. The van der Waals surface area contributed by atoms with Gasteiger partial charge in [0.2, 0.25) is 11.7 Å². The first-order valence-electron chi connectivity index (χ1n) is 21.6. The molecule has 2 aliphatic rings. The molecule has 2 aliphatic heterocycles. The normalized spacial score (nSPS) is 13.2. The van der Waals surface area contributed by atoms with Crippen LogP contribution in [-0.4, -0.2) is 90.0 Å². The summed E-state index contributed by atoms with van der Waals surface area (Å²) >= 11 is 26.0. The van der Waals surface area contributed by atoms with E-state index in [2.05, 4.69) is 41.3 Å². The van der Waals surface area contributed by atoms with Crippen molar-refractivity contribution < 1.29 is 76.7 Å². The van der Waals surface area contributed by atoms with Crippen LogP contribution < -0.4 is 24.4 Å². The van der Waals surface area contributed by atoms with Crippen LogP contribution in [0.15, 0.2) is 112 Å². The number of anilines is 4. The molecule has 31 heteroatoms. The van der Waals surface area contributed by atoms with E-state index in [1.165, 1.54) is 49.7 Å². The van der Waals surface area contributed by atoms with Gasteiger partial charge in [0.05, 0.1) is 70.7 Å². The monoisotopic (exact) mass is 1270 g/mol. The van der Waals surface area contributed by atoms with Crippen molar-refractivity contribution in [3.05, 3.63) is 156 Å². The quantitative estimate of drug-likeness (QED) is 0.0341. The van der Waals surface area contributed by atoms with E-state index in [0.29, 0.717) is 30.5 Å². The summed E-state index contributed by atoms with van der Waals surface area (Å²) in [6.45, 7) is -0.824. The molecule has 2 aromatic heterocycles. The number of sulfonamides is 2. The Balaban J connectivity index is 0.000000201. The van der Waals surface area contributed by atoms with Gasteiger partial charge in [-0.3, -0.25) is 28.7 Å². The Labute approximate surface area is 468 Å². The molecule has 3 N–H and O–H groups in total. The van der Waals surface area contributed by atoms with E-state index in [9.17, 15) is 62.4 Å². The van der Waals surface area contributed by atoms with Crippen LogP contribution in [0.3, 0.4) is 0 Å². The van der Waals surface area contributed by atoms with Gasteiger partial charge in [-0.25, -0.2) is 36.2 Å². The minimum atomic E-state index is -4.90. The highest BCUT2D eigenvalue weighted by molar-refractivity contribution is 9.10. The average molecular weight is 1270 g/mol. The van der Waals surface area contributed by atoms with Crippen LogP contribution in [0.4, 0.5) is 49.1 Å². The predicted molar refractivity (Wildman–Crippen MR) is 278 cm³/mol. The number of nitrogens with one attached hydrogen (secondary N) is 3. The lowest BCUT2D eigenvalue weighted by Gasteiger charge is -2.24. The Morgan fingerprint density at radius 2 is 1.32 bits per heavy atom. The van der Waals surface area contributed by atoms with Crippen molar-refractivity contribution in [2.45, 2.75) is 35.0 Å². The number of amides is 3. The lowest BCUT2D eigenvalue weighted by molar-refractivity contribution is -0.138. The van der Waals surface area contributed by atoms with Crippen molar-refractivity contribution >= 4 is 129 Å². The van der Waals surface area contributed by atoms with Gasteiger partial charge in [0.1, 0.15) is 17.0 Å². The second-order valence-electron chi connectivity index (χ2n) is 15.9. The maximum Gasteiger partial charge on any atom is 0.417 e. The van der Waals surface area contributed by atoms with E-state index >= 15 is 0 Å². The summed E-state index contributed by atoms with van der Waals surface area (Å²) in [4.78, 5) is 59.4. The van der Waals surface area contributed by atoms with Gasteiger partial charge in [-0.05, 0) is 101 Å². The van der Waals surface area contributed by atoms with Gasteiger partial charge in [0.15, 0.2) is 12.4 Å². The summed E-state index contributed by atoms with van der Waals surface area (Å²) in [5.41, 5.74) is -1.04. The molecule has 78 heavy (non-hydrogen) atoms. The molecule has 0 unspecified atom stereocenters. The van der Waals surface area contributed by atoms with Crippen molar-refractivity contribution in [2.75, 3.05) is 54.3 Å². The summed E-state index contributed by atoms with van der Waals surface area (Å²) in [6, 6.07) is 16.4. The molecule has 0 spiro atoms. The smallest absolute Gasteiger partial charge is 0.417 e. The molecule has 0 saturated heterocycles. The van der Waals surface area contributed by atoms with Gasteiger partial charge in [0, 0.05) is 44.2 Å². The van der Waals surface area contributed by atoms with E-state index in [4.69, 9.17) is 60.7 Å². The van der Waals surface area contributed by atoms with Crippen molar-refractivity contribution in [3.8, 4) is 5.75 Å². The highest BCUT2D eigenvalue weighted by Gasteiger charge is 2.37. The number of carbonyl (C=O) groups excluding carboxylic acids is 4. The number of carbonyl (C=O) groups is 4. The molecule has 414 valence electrons. The van der Waals surface area contributed by atoms with Crippen LogP contribution in [-0.2, 0) is 58.0 Å². The first-order valence-corrected chi connectivity index (χ1v) is 26.8. The Morgan fingerprint density at radius 3 is 1.94 bits per heavy atom. The number of pyridine rings is 2. The second-order valence-corrected chi connectivity index (χ2v) is 21.9. The Bertz CT molecular complexity index is 3570. The second kappa shape index (κ2) is 24.8. The topological polar surface area (TPSA) is 233 Å². The van der Waals surface area contributed by atoms with Crippen LogP contribution in [0.5, 0.6) is 5.75 Å². The number of hydrogen-bond acceptors (Lipinski definition) is 13. The molecular formula is C47H36BrCl4F6N7O11S2. The zero-order valence-electron chi connectivity index (χ0n) is 39.8. The zero-order chi connectivity index (χ0) is 57.7. The highest BCUT2D eigenvalue weighted by Crippen LogP contribution is 2.40. The maximum absolute atomic E-state index is 13.3. The summed E-state index contributed by atoms with van der Waals surface area (Å²) in [6.07, 6.45) is -6.35. The number of para-hydroxylation sites is 1. The van der Waals surface area contributed by atoms with E-state index < -0.39 is 87.5 Å². The SMILES string of the molecule is COCN(c1cc(Cl)cnc1Br)S(=O)(=O)c1ccc(Cl)c(C(F)(F)F)c1.CON(C)C(=O)c1cccc2c1CCC(=O)N2.O=C1COc2c(cccc2C(=O)c2ncc(Cl)cc2NS(=O)(=O)c2ccc(Cl)c(C(F)(F)F)c2)N1. The third kappa shape index (κ3) is 14.3. The number of halogens is 11. The number of ketones is 1. The molecule has 6 aromatic rings. The number of aromatic nitrogens is 2. The predicted octanol–water partition coefficient (Wildman–Crippen LogP) is 10.9. The zero-order valence-corrected chi connectivity index (χ0v) is 46.1. The fraction of sp³-hybridized carbons (Fsp3) is 0.191. The molecule has 4 heterocycles. The van der Waals surface area contributed by atoms with E-state index in [1.54, 1.807) is 25.2 Å². The standard InChI is InChI=1S/C21H12Cl2F3N3O5S.C14H10BrCl2F3N2O3S.C12H14N2O3/c22-10-6-16(29-35(32,33)11-4-5-14(23)13(7-11)21(24,25)26)18(27-8-10)19(31)12-2-1-3-15-20(12)34-9-17(30)28-15;1-25-7-22(12-4-8(16)6-21-13(12)15)26(23,24)9-2-3-11(17)10(5-9)14(18,19)20;1-14(17-2)12(16)9-4-3-5-10-8(9)6-7-11(15)13-10/h1-8,29H,9H2,(H,28,30);2-6H,7H2,1H3;3-5H,6-7H2,1-2H3,(H,13,15). The van der Waals surface area contributed by atoms with E-state index in [-0.39, 0.29) is 61.4 Å². The lowest BCUT2D eigenvalue weighted by atomic mass is 9.97. The van der Waals surface area contributed by atoms with Gasteiger partial charge >= 0.3 is 12.4 Å². The van der Waals surface area contributed by atoms with Crippen LogP contribution >= 0.6 is 62.3 Å². The first-order chi connectivity index (χ1) is 36.5. The number of fused-ring (bicyclic) bond motifs is 2. The van der Waals surface area contributed by atoms with Gasteiger partial charge in [-0.2, -0.15) is 26.3 Å². The summed E-state index contributed by atoms with van der Waals surface area (Å²) in [5.74, 6) is -1.39. The third-order valence-electron chi connectivity index (χ3n) is 10.7. The number of methoxy groups -OCH3 is 1. The fourth-order valence-electron chi connectivity index (χ4n) is 7.07. The first kappa shape index (κ1) is 60.9. The molecule has 3 amide bonds. The Morgan fingerprint density at radius 1 is 0.756 bits per heavy atom. The molecule has 18 nitrogen and oxygen atoms in total. The minimum absolute atomic E-state index is 0.00265. The van der Waals surface area contributed by atoms with Crippen molar-refractivity contribution in [3.63, 3.8) is 0 Å². The molecule has 0 aliphatic carbocycles. The van der Waals surface area contributed by atoms with Crippen molar-refractivity contribution in [2.24, 2.45) is 0 Å². The van der Waals surface area contributed by atoms with Crippen molar-refractivity contribution in [1.82, 2.24) is 15.0 Å². The molecule has 0 radical (unpaired) electrons. The van der Waals surface area contributed by atoms with Gasteiger partial charge < -0.3 is 20.1 Å². The number of rotatable bonds is 12. The van der Waals surface area contributed by atoms with Crippen LogP contribution in [0.1, 0.15) is 49.5 Å². The summed E-state index contributed by atoms with van der Waals surface area (Å²) in [5, 5.41) is 5.26. The van der Waals surface area contributed by atoms with E-state index in [1.807, 2.05) is 0 Å². The van der Waals surface area contributed by atoms with Gasteiger partial charge in [-0.1, -0.05) is 58.5 Å². The number of benzene rings is 4. The number of nitrogens with zero attached hydrogens (tertiary/aromatic N) is 4. The molecule has 0 fully saturated rings. The van der Waals surface area contributed by atoms with Crippen LogP contribution in [0.2, 0.25) is 20.1 Å². The number of alkyl halides is 6. The number of hydroxylamine groups is 2. The number of hydrogen-bond donors (Lipinski definition) is 3. The molecule has 0 bridgehead atoms. The lowest BCUT2D eigenvalue weighted by Crippen LogP contribution is -2.33. The molecule has 0 saturated carbocycles. The fourth-order valence-corrected chi connectivity index (χ4v) is 10.9. The van der Waals surface area contributed by atoms with Crippen molar-refractivity contribution in [1.29, 1.82) is 0 Å². The molecular weight excluding hydrogens is 1240 g/mol. The van der Waals surface area contributed by atoms with Crippen LogP contribution in [0.25, 0.3) is 0 Å². The maximum atomic E-state index is 13.3. The Kier molecular flexibility index (Phi) is 19.4. The summed E-state index contributed by atoms with van der Waals surface area (Å²) in [7, 11) is -4.84. The van der Waals surface area contributed by atoms with Gasteiger partial charge in [-0.15, -0.1) is 0 Å². The summed E-state index contributed by atoms with van der Waals surface area (Å²) < 4.78 is 144.